The highest BCUT2D eigenvalue weighted by molar-refractivity contribution is 6.17. The van der Waals surface area contributed by atoms with E-state index in [0.29, 0.717) is 11.6 Å². The molecule has 3 nitrogen and oxygen atoms in total. The maximum atomic E-state index is 11.9. The Morgan fingerprint density at radius 3 is 2.67 bits per heavy atom. The highest BCUT2D eigenvalue weighted by atomic mass is 35.5. The van der Waals surface area contributed by atoms with Crippen LogP contribution < -0.4 is 5.32 Å². The van der Waals surface area contributed by atoms with Crippen molar-refractivity contribution in [3.8, 4) is 5.75 Å². The molecule has 0 saturated heterocycles. The molecule has 0 fully saturated rings. The maximum absolute atomic E-state index is 11.9. The monoisotopic (exact) mass is 261 g/mol. The van der Waals surface area contributed by atoms with Gasteiger partial charge in [-0.15, -0.1) is 11.6 Å². The molecule has 0 aliphatic heterocycles. The van der Waals surface area contributed by atoms with Crippen LogP contribution in [0.1, 0.15) is 15.9 Å². The summed E-state index contributed by atoms with van der Waals surface area (Å²) in [5.41, 5.74) is 1.82. The predicted molar refractivity (Wildman–Crippen MR) is 72.1 cm³/mol. The van der Waals surface area contributed by atoms with Gasteiger partial charge >= 0.3 is 0 Å². The molecule has 2 N–H and O–H groups in total. The quantitative estimate of drug-likeness (QED) is 0.832. The Kier molecular flexibility index (Phi) is 3.85. The van der Waals surface area contributed by atoms with E-state index < -0.39 is 0 Å². The first-order chi connectivity index (χ1) is 8.70. The van der Waals surface area contributed by atoms with Crippen molar-refractivity contribution < 1.29 is 9.90 Å². The van der Waals surface area contributed by atoms with Crippen molar-refractivity contribution in [3.05, 3.63) is 59.7 Å². The van der Waals surface area contributed by atoms with Crippen LogP contribution in [-0.4, -0.2) is 11.0 Å². The van der Waals surface area contributed by atoms with Gasteiger partial charge < -0.3 is 10.4 Å². The fourth-order valence-electron chi connectivity index (χ4n) is 1.60. The van der Waals surface area contributed by atoms with E-state index in [1.54, 1.807) is 30.3 Å². The van der Waals surface area contributed by atoms with E-state index in [0.717, 1.165) is 5.56 Å². The highest BCUT2D eigenvalue weighted by Gasteiger charge is 2.10. The molecule has 0 saturated carbocycles. The number of benzene rings is 2. The van der Waals surface area contributed by atoms with Crippen molar-refractivity contribution in [2.75, 3.05) is 5.32 Å². The SMILES string of the molecule is O=C(Nc1cccc(CCl)c1)c1ccccc1O. The van der Waals surface area contributed by atoms with Crippen LogP contribution in [0.5, 0.6) is 5.75 Å². The van der Waals surface area contributed by atoms with E-state index in [1.807, 2.05) is 12.1 Å². The molecule has 18 heavy (non-hydrogen) atoms. The van der Waals surface area contributed by atoms with Crippen LogP contribution in [0.3, 0.4) is 0 Å². The lowest BCUT2D eigenvalue weighted by Gasteiger charge is -2.07. The molecule has 0 atom stereocenters. The van der Waals surface area contributed by atoms with Crippen molar-refractivity contribution in [2.45, 2.75) is 5.88 Å². The standard InChI is InChI=1S/C14H12ClNO2/c15-9-10-4-3-5-11(8-10)16-14(18)12-6-1-2-7-13(12)17/h1-8,17H,9H2,(H,16,18). The zero-order valence-electron chi connectivity index (χ0n) is 9.56. The summed E-state index contributed by atoms with van der Waals surface area (Å²) in [5, 5.41) is 12.3. The molecule has 0 aliphatic carbocycles. The van der Waals surface area contributed by atoms with E-state index in [2.05, 4.69) is 5.32 Å². The van der Waals surface area contributed by atoms with Gasteiger partial charge in [0, 0.05) is 11.6 Å². The fourth-order valence-corrected chi connectivity index (χ4v) is 1.76. The maximum Gasteiger partial charge on any atom is 0.259 e. The molecular formula is C14H12ClNO2. The third-order valence-corrected chi connectivity index (χ3v) is 2.80. The lowest BCUT2D eigenvalue weighted by molar-refractivity contribution is 0.102. The Bertz CT molecular complexity index is 569. The number of amides is 1. The summed E-state index contributed by atoms with van der Waals surface area (Å²) in [7, 11) is 0. The van der Waals surface area contributed by atoms with Crippen LogP contribution in [0.25, 0.3) is 0 Å². The minimum Gasteiger partial charge on any atom is -0.507 e. The Hall–Kier alpha value is -2.00. The number of alkyl halides is 1. The smallest absolute Gasteiger partial charge is 0.259 e. The second kappa shape index (κ2) is 5.56. The zero-order valence-corrected chi connectivity index (χ0v) is 10.3. The molecule has 0 radical (unpaired) electrons. The van der Waals surface area contributed by atoms with Gasteiger partial charge in [0.25, 0.3) is 5.91 Å². The number of carbonyl (C=O) groups is 1. The highest BCUT2D eigenvalue weighted by Crippen LogP contribution is 2.18. The number of hydrogen-bond acceptors (Lipinski definition) is 2. The van der Waals surface area contributed by atoms with E-state index >= 15 is 0 Å². The van der Waals surface area contributed by atoms with Gasteiger partial charge in [0.1, 0.15) is 5.75 Å². The number of phenolic OH excluding ortho intramolecular Hbond substituents is 1. The van der Waals surface area contributed by atoms with E-state index in [-0.39, 0.29) is 17.2 Å². The van der Waals surface area contributed by atoms with Crippen LogP contribution >= 0.6 is 11.6 Å². The first-order valence-electron chi connectivity index (χ1n) is 5.45. The molecule has 0 bridgehead atoms. The van der Waals surface area contributed by atoms with E-state index in [4.69, 9.17) is 11.6 Å². The number of para-hydroxylation sites is 1. The van der Waals surface area contributed by atoms with Crippen LogP contribution in [-0.2, 0) is 5.88 Å². The first-order valence-corrected chi connectivity index (χ1v) is 5.98. The summed E-state index contributed by atoms with van der Waals surface area (Å²) >= 11 is 5.72. The van der Waals surface area contributed by atoms with Crippen molar-refractivity contribution in [3.63, 3.8) is 0 Å². The van der Waals surface area contributed by atoms with E-state index in [1.165, 1.54) is 6.07 Å². The molecule has 92 valence electrons. The lowest BCUT2D eigenvalue weighted by atomic mass is 10.1. The number of carbonyl (C=O) groups excluding carboxylic acids is 1. The summed E-state index contributed by atoms with van der Waals surface area (Å²) in [6.45, 7) is 0. The molecule has 0 aromatic heterocycles. The van der Waals surface area contributed by atoms with Gasteiger partial charge in [-0.05, 0) is 29.8 Å². The molecule has 1 amide bonds. The second-order valence-corrected chi connectivity index (χ2v) is 4.07. The molecule has 0 aliphatic rings. The Morgan fingerprint density at radius 2 is 1.94 bits per heavy atom. The second-order valence-electron chi connectivity index (χ2n) is 3.81. The van der Waals surface area contributed by atoms with Crippen molar-refractivity contribution in [2.24, 2.45) is 0 Å². The first kappa shape index (κ1) is 12.5. The number of aromatic hydroxyl groups is 1. The number of phenols is 1. The Morgan fingerprint density at radius 1 is 1.17 bits per heavy atom. The van der Waals surface area contributed by atoms with E-state index in [9.17, 15) is 9.90 Å². The molecule has 2 rings (SSSR count). The van der Waals surface area contributed by atoms with Gasteiger partial charge in [0.2, 0.25) is 0 Å². The van der Waals surface area contributed by atoms with Gasteiger partial charge in [-0.2, -0.15) is 0 Å². The van der Waals surface area contributed by atoms with Gasteiger partial charge in [-0.3, -0.25) is 4.79 Å². The molecule has 4 heteroatoms. The van der Waals surface area contributed by atoms with Crippen LogP contribution in [0.2, 0.25) is 0 Å². The van der Waals surface area contributed by atoms with Crippen molar-refractivity contribution >= 4 is 23.2 Å². The van der Waals surface area contributed by atoms with Gasteiger partial charge in [0.15, 0.2) is 0 Å². The minimum atomic E-state index is -0.347. The normalized spacial score (nSPS) is 10.1. The zero-order chi connectivity index (χ0) is 13.0. The van der Waals surface area contributed by atoms with Gasteiger partial charge in [0.05, 0.1) is 5.56 Å². The molecule has 0 unspecified atom stereocenters. The average molecular weight is 262 g/mol. The number of nitrogens with one attached hydrogen (secondary N) is 1. The largest absolute Gasteiger partial charge is 0.507 e. The summed E-state index contributed by atoms with van der Waals surface area (Å²) in [4.78, 5) is 11.9. The summed E-state index contributed by atoms with van der Waals surface area (Å²) < 4.78 is 0. The number of hydrogen-bond donors (Lipinski definition) is 2. The third-order valence-electron chi connectivity index (χ3n) is 2.49. The Balaban J connectivity index is 2.19. The number of rotatable bonds is 3. The summed E-state index contributed by atoms with van der Waals surface area (Å²) in [5.74, 6) is 0.00337. The summed E-state index contributed by atoms with van der Waals surface area (Å²) in [6.07, 6.45) is 0. The van der Waals surface area contributed by atoms with Crippen LogP contribution in [0.15, 0.2) is 48.5 Å². The topological polar surface area (TPSA) is 49.3 Å². The average Bonchev–Trinajstić information content (AvgIpc) is 2.39. The Labute approximate surface area is 110 Å². The lowest BCUT2D eigenvalue weighted by Crippen LogP contribution is -2.12. The predicted octanol–water partition coefficient (Wildman–Crippen LogP) is 3.38. The van der Waals surface area contributed by atoms with Gasteiger partial charge in [-0.25, -0.2) is 0 Å². The third kappa shape index (κ3) is 2.81. The fraction of sp³-hybridized carbons (Fsp3) is 0.0714. The minimum absolute atomic E-state index is 0.0384. The number of anilines is 1. The molecular weight excluding hydrogens is 250 g/mol. The van der Waals surface area contributed by atoms with Crippen LogP contribution in [0, 0.1) is 0 Å². The number of halogens is 1. The molecule has 0 heterocycles. The summed E-state index contributed by atoms with van der Waals surface area (Å²) in [6, 6.07) is 13.7. The van der Waals surface area contributed by atoms with Crippen LogP contribution in [0.4, 0.5) is 5.69 Å². The van der Waals surface area contributed by atoms with Crippen molar-refractivity contribution in [1.29, 1.82) is 0 Å². The molecule has 0 spiro atoms. The van der Waals surface area contributed by atoms with Crippen molar-refractivity contribution in [1.82, 2.24) is 0 Å². The molecule has 2 aromatic carbocycles. The molecule has 2 aromatic rings. The van der Waals surface area contributed by atoms with Gasteiger partial charge in [-0.1, -0.05) is 24.3 Å².